The minimum absolute atomic E-state index is 0.548. The zero-order valence-corrected chi connectivity index (χ0v) is 11.9. The Labute approximate surface area is 120 Å². The molecular weight excluding hydrogens is 282 g/mol. The van der Waals surface area contributed by atoms with Crippen molar-refractivity contribution in [1.82, 2.24) is 0 Å². The molecule has 98 valence electrons. The smallest absolute Gasteiger partial charge is 0.186 e. The van der Waals surface area contributed by atoms with Gasteiger partial charge in [0, 0.05) is 29.9 Å². The van der Waals surface area contributed by atoms with E-state index in [4.69, 9.17) is 11.6 Å². The van der Waals surface area contributed by atoms with Crippen LogP contribution in [0.1, 0.15) is 5.56 Å². The van der Waals surface area contributed by atoms with Crippen molar-refractivity contribution in [3.05, 3.63) is 39.8 Å². The van der Waals surface area contributed by atoms with Crippen LogP contribution in [0.2, 0.25) is 5.02 Å². The van der Waals surface area contributed by atoms with E-state index < -0.39 is 0 Å². The Morgan fingerprint density at radius 2 is 2.11 bits per heavy atom. The van der Waals surface area contributed by atoms with Crippen LogP contribution >= 0.6 is 22.9 Å². The predicted molar refractivity (Wildman–Crippen MR) is 81.5 cm³/mol. The van der Waals surface area contributed by atoms with E-state index in [0.29, 0.717) is 10.0 Å². The fourth-order valence-corrected chi connectivity index (χ4v) is 3.51. The second kappa shape index (κ2) is 4.83. The van der Waals surface area contributed by atoms with Crippen molar-refractivity contribution >= 4 is 44.3 Å². The zero-order valence-electron chi connectivity index (χ0n) is 10.3. The number of fused-ring (bicyclic) bond motifs is 1. The lowest BCUT2D eigenvalue weighted by atomic mass is 10.2. The number of halogens is 1. The van der Waals surface area contributed by atoms with Gasteiger partial charge < -0.3 is 10.2 Å². The van der Waals surface area contributed by atoms with Gasteiger partial charge in [-0.3, -0.25) is 0 Å². The van der Waals surface area contributed by atoms with Gasteiger partial charge in [0.05, 0.1) is 5.69 Å². The van der Waals surface area contributed by atoms with Crippen molar-refractivity contribution in [2.45, 2.75) is 6.42 Å². The number of nitrogens with zero attached hydrogens (tertiary/aromatic N) is 2. The lowest BCUT2D eigenvalue weighted by Crippen LogP contribution is -2.12. The summed E-state index contributed by atoms with van der Waals surface area (Å²) in [5.41, 5.74) is 3.11. The molecule has 3 rings (SSSR count). The summed E-state index contributed by atoms with van der Waals surface area (Å²) in [5.74, 6) is 0. The highest BCUT2D eigenvalue weighted by Gasteiger charge is 2.27. The molecular formula is C13H12ClN3OS. The molecule has 0 saturated carbocycles. The first-order valence-corrected chi connectivity index (χ1v) is 7.11. The molecule has 0 unspecified atom stereocenters. The molecule has 0 amide bonds. The van der Waals surface area contributed by atoms with Gasteiger partial charge in [-0.05, 0) is 35.9 Å². The van der Waals surface area contributed by atoms with Gasteiger partial charge in [0.25, 0.3) is 0 Å². The lowest BCUT2D eigenvalue weighted by molar-refractivity contribution is 0.956. The largest absolute Gasteiger partial charge is 0.371 e. The highest BCUT2D eigenvalue weighted by Crippen LogP contribution is 2.49. The quantitative estimate of drug-likeness (QED) is 0.845. The Hall–Kier alpha value is -1.59. The molecule has 19 heavy (non-hydrogen) atoms. The third-order valence-corrected chi connectivity index (χ3v) is 4.49. The SMILES string of the molecule is CN1CCc2c(Nc3ccc(Cl)cc3)sc(N=O)c21. The summed E-state index contributed by atoms with van der Waals surface area (Å²) < 4.78 is 0. The van der Waals surface area contributed by atoms with Crippen LogP contribution in [-0.4, -0.2) is 13.6 Å². The Morgan fingerprint density at radius 1 is 1.37 bits per heavy atom. The van der Waals surface area contributed by atoms with Crippen LogP contribution in [0.15, 0.2) is 29.4 Å². The summed E-state index contributed by atoms with van der Waals surface area (Å²) in [4.78, 5) is 13.0. The molecule has 0 saturated heterocycles. The second-order valence-electron chi connectivity index (χ2n) is 4.46. The highest BCUT2D eigenvalue weighted by atomic mass is 35.5. The van der Waals surface area contributed by atoms with E-state index in [9.17, 15) is 4.91 Å². The van der Waals surface area contributed by atoms with Crippen molar-refractivity contribution in [2.24, 2.45) is 5.18 Å². The van der Waals surface area contributed by atoms with Crippen molar-refractivity contribution in [3.63, 3.8) is 0 Å². The van der Waals surface area contributed by atoms with Gasteiger partial charge in [0.15, 0.2) is 5.00 Å². The summed E-state index contributed by atoms with van der Waals surface area (Å²) in [5, 5.41) is 8.73. The van der Waals surface area contributed by atoms with Gasteiger partial charge in [-0.25, -0.2) is 0 Å². The van der Waals surface area contributed by atoms with Gasteiger partial charge in [-0.1, -0.05) is 22.9 Å². The number of benzene rings is 1. The molecule has 2 aromatic rings. The molecule has 0 bridgehead atoms. The molecule has 1 aromatic heterocycles. The van der Waals surface area contributed by atoms with E-state index in [0.717, 1.165) is 29.3 Å². The van der Waals surface area contributed by atoms with E-state index in [1.165, 1.54) is 16.9 Å². The van der Waals surface area contributed by atoms with Crippen molar-refractivity contribution < 1.29 is 0 Å². The third kappa shape index (κ3) is 2.19. The maximum Gasteiger partial charge on any atom is 0.186 e. The molecule has 1 aromatic carbocycles. The minimum atomic E-state index is 0.548. The van der Waals surface area contributed by atoms with Crippen LogP contribution < -0.4 is 10.2 Å². The summed E-state index contributed by atoms with van der Waals surface area (Å²) >= 11 is 7.27. The van der Waals surface area contributed by atoms with E-state index in [-0.39, 0.29) is 0 Å². The number of nitrogens with one attached hydrogen (secondary N) is 1. The average molecular weight is 294 g/mol. The van der Waals surface area contributed by atoms with Gasteiger partial charge >= 0.3 is 0 Å². The van der Waals surface area contributed by atoms with E-state index in [1.807, 2.05) is 31.3 Å². The monoisotopic (exact) mass is 293 g/mol. The van der Waals surface area contributed by atoms with Gasteiger partial charge in [0.1, 0.15) is 5.00 Å². The fraction of sp³-hybridized carbons (Fsp3) is 0.231. The Balaban J connectivity index is 1.96. The number of nitroso groups, excluding NO2 is 1. The van der Waals surface area contributed by atoms with Gasteiger partial charge in [-0.2, -0.15) is 0 Å². The van der Waals surface area contributed by atoms with E-state index in [2.05, 4.69) is 15.4 Å². The molecule has 1 N–H and O–H groups in total. The lowest BCUT2D eigenvalue weighted by Gasteiger charge is -2.09. The summed E-state index contributed by atoms with van der Waals surface area (Å²) in [6.07, 6.45) is 0.938. The maximum absolute atomic E-state index is 10.9. The number of anilines is 3. The van der Waals surface area contributed by atoms with Crippen molar-refractivity contribution in [3.8, 4) is 0 Å². The molecule has 1 aliphatic rings. The van der Waals surface area contributed by atoms with Crippen LogP contribution in [0.4, 0.5) is 21.4 Å². The minimum Gasteiger partial charge on any atom is -0.371 e. The number of hydrogen-bond acceptors (Lipinski definition) is 5. The maximum atomic E-state index is 10.9. The average Bonchev–Trinajstić information content (AvgIpc) is 2.95. The van der Waals surface area contributed by atoms with Gasteiger partial charge in [0.2, 0.25) is 0 Å². The first-order valence-electron chi connectivity index (χ1n) is 5.92. The molecule has 0 radical (unpaired) electrons. The van der Waals surface area contributed by atoms with Crippen LogP contribution in [-0.2, 0) is 6.42 Å². The summed E-state index contributed by atoms with van der Waals surface area (Å²) in [6.45, 7) is 0.927. The molecule has 0 aliphatic carbocycles. The third-order valence-electron chi connectivity index (χ3n) is 3.23. The fourth-order valence-electron chi connectivity index (χ4n) is 2.29. The number of hydrogen-bond donors (Lipinski definition) is 1. The number of rotatable bonds is 3. The Bertz CT molecular complexity index is 624. The van der Waals surface area contributed by atoms with E-state index in [1.54, 1.807) is 0 Å². The van der Waals surface area contributed by atoms with Crippen LogP contribution in [0.25, 0.3) is 0 Å². The van der Waals surface area contributed by atoms with Crippen molar-refractivity contribution in [2.75, 3.05) is 23.8 Å². The molecule has 0 spiro atoms. The highest BCUT2D eigenvalue weighted by molar-refractivity contribution is 7.20. The summed E-state index contributed by atoms with van der Waals surface area (Å²) in [7, 11) is 1.99. The number of likely N-dealkylation sites (N-methyl/N-ethyl adjacent to an activating group) is 1. The molecule has 0 atom stereocenters. The summed E-state index contributed by atoms with van der Waals surface area (Å²) in [6, 6.07) is 7.51. The Kier molecular flexibility index (Phi) is 3.16. The Morgan fingerprint density at radius 3 is 2.79 bits per heavy atom. The number of thiophene rings is 1. The van der Waals surface area contributed by atoms with Gasteiger partial charge in [-0.15, -0.1) is 4.91 Å². The van der Waals surface area contributed by atoms with Crippen LogP contribution in [0.3, 0.4) is 0 Å². The van der Waals surface area contributed by atoms with Crippen LogP contribution in [0, 0.1) is 4.91 Å². The topological polar surface area (TPSA) is 44.7 Å². The molecule has 1 aliphatic heterocycles. The standard InChI is InChI=1S/C13H12ClN3OS/c1-17-7-6-10-11(17)13(16-18)19-12(10)15-9-4-2-8(14)3-5-9/h2-5,15H,6-7H2,1H3. The molecule has 4 nitrogen and oxygen atoms in total. The predicted octanol–water partition coefficient (Wildman–Crippen LogP) is 4.54. The normalized spacial score (nSPS) is 13.5. The zero-order chi connectivity index (χ0) is 13.4. The van der Waals surface area contributed by atoms with Crippen LogP contribution in [0.5, 0.6) is 0 Å². The molecule has 0 fully saturated rings. The molecule has 2 heterocycles. The molecule has 6 heteroatoms. The first-order chi connectivity index (χ1) is 9.19. The second-order valence-corrected chi connectivity index (χ2v) is 5.89. The first kappa shape index (κ1) is 12.4. The van der Waals surface area contributed by atoms with E-state index >= 15 is 0 Å². The van der Waals surface area contributed by atoms with Crippen molar-refractivity contribution in [1.29, 1.82) is 0 Å².